The van der Waals surface area contributed by atoms with Gasteiger partial charge in [0.2, 0.25) is 0 Å². The number of nitrogens with two attached hydrogens (primary N) is 1. The molecule has 2 N–H and O–H groups in total. The number of hydrogen-bond acceptors (Lipinski definition) is 7. The second-order valence-corrected chi connectivity index (χ2v) is 19.3. The SMILES string of the molecule is CCC[C@@H]1[C@@]2(OC(=O)c3c(CCCN)cccc32)[C@@]23CCC4=C[C@@]12C(=O)O/C3=C/C[C@H](C1CCCC1)N1C[C@H]2C[C@@H](C1)[C@@H]1C=CC3=C([C@H]4C[C@H](C)C3)N1C2. The Labute approximate surface area is 321 Å². The Balaban J connectivity index is 1.15. The number of benzene rings is 1. The summed E-state index contributed by atoms with van der Waals surface area (Å²) in [6.07, 6.45) is 24.5. The van der Waals surface area contributed by atoms with Crippen LogP contribution < -0.4 is 5.73 Å². The van der Waals surface area contributed by atoms with E-state index in [-0.39, 0.29) is 17.9 Å². The molecular weight excluding hydrogens is 671 g/mol. The van der Waals surface area contributed by atoms with Gasteiger partial charge in [-0.2, -0.15) is 0 Å². The fourth-order valence-electron chi connectivity index (χ4n) is 15.0. The molecule has 13 aliphatic rings. The molecule has 3 saturated heterocycles. The van der Waals surface area contributed by atoms with Crippen molar-refractivity contribution in [2.75, 3.05) is 26.2 Å². The zero-order valence-electron chi connectivity index (χ0n) is 32.5. The lowest BCUT2D eigenvalue weighted by atomic mass is 9.31. The highest BCUT2D eigenvalue weighted by Gasteiger charge is 2.91. The number of nitrogens with zero attached hydrogens (tertiary/aromatic N) is 2. The Hall–Kier alpha value is -3.16. The third-order valence-electron chi connectivity index (χ3n) is 16.8. The van der Waals surface area contributed by atoms with Gasteiger partial charge in [-0.3, -0.25) is 9.69 Å². The maximum Gasteiger partial charge on any atom is 0.339 e. The molecule has 9 heterocycles. The summed E-state index contributed by atoms with van der Waals surface area (Å²) in [5.41, 5.74) is 10.7. The molecule has 0 aromatic heterocycles. The van der Waals surface area contributed by atoms with Gasteiger partial charge in [0.15, 0.2) is 5.60 Å². The van der Waals surface area contributed by atoms with E-state index < -0.39 is 16.4 Å². The predicted molar refractivity (Wildman–Crippen MR) is 208 cm³/mol. The molecule has 1 aromatic rings. The van der Waals surface area contributed by atoms with Gasteiger partial charge in [0.05, 0.1) is 17.0 Å². The van der Waals surface area contributed by atoms with Gasteiger partial charge in [-0.1, -0.05) is 75.1 Å². The first-order valence-corrected chi connectivity index (χ1v) is 22.0. The minimum atomic E-state index is -0.935. The van der Waals surface area contributed by atoms with E-state index in [0.717, 1.165) is 99.9 Å². The van der Waals surface area contributed by atoms with Crippen LogP contribution in [-0.4, -0.2) is 60.0 Å². The van der Waals surface area contributed by atoms with Crippen molar-refractivity contribution in [1.82, 2.24) is 9.80 Å². The minimum Gasteiger partial charge on any atom is -0.449 e. The molecule has 0 radical (unpaired) electrons. The maximum absolute atomic E-state index is 15.2. The number of carbonyl (C=O) groups excluding carboxylic acids is 2. The largest absolute Gasteiger partial charge is 0.449 e. The fourth-order valence-corrected chi connectivity index (χ4v) is 15.0. The summed E-state index contributed by atoms with van der Waals surface area (Å²) in [5.74, 6) is 3.13. The fraction of sp³-hybridized carbons (Fsp3) is 0.660. The van der Waals surface area contributed by atoms with Crippen LogP contribution in [0.15, 0.2) is 65.1 Å². The topological polar surface area (TPSA) is 85.1 Å². The molecule has 54 heavy (non-hydrogen) atoms. The Bertz CT molecular complexity index is 1920. The van der Waals surface area contributed by atoms with Gasteiger partial charge < -0.3 is 20.1 Å². The predicted octanol–water partition coefficient (Wildman–Crippen LogP) is 7.96. The van der Waals surface area contributed by atoms with Crippen molar-refractivity contribution in [2.24, 2.45) is 52.1 Å². The summed E-state index contributed by atoms with van der Waals surface area (Å²) in [5, 5.41) is 0. The molecule has 7 heteroatoms. The van der Waals surface area contributed by atoms with E-state index in [1.54, 1.807) is 5.70 Å². The van der Waals surface area contributed by atoms with Gasteiger partial charge >= 0.3 is 11.9 Å². The van der Waals surface area contributed by atoms with Crippen LogP contribution in [0.1, 0.15) is 119 Å². The third-order valence-corrected chi connectivity index (χ3v) is 16.8. The average Bonchev–Trinajstić information content (AvgIpc) is 3.87. The lowest BCUT2D eigenvalue weighted by molar-refractivity contribution is -0.271. The van der Waals surface area contributed by atoms with Crippen molar-refractivity contribution in [3.63, 3.8) is 0 Å². The van der Waals surface area contributed by atoms with Crippen LogP contribution in [-0.2, 0) is 26.3 Å². The molecule has 1 aromatic carbocycles. The van der Waals surface area contributed by atoms with E-state index >= 15 is 4.79 Å². The summed E-state index contributed by atoms with van der Waals surface area (Å²) < 4.78 is 13.8. The number of hydrogen-bond donors (Lipinski definition) is 1. The minimum absolute atomic E-state index is 0.107. The highest BCUT2D eigenvalue weighted by atomic mass is 16.6. The maximum atomic E-state index is 15.2. The second-order valence-electron chi connectivity index (χ2n) is 19.3. The summed E-state index contributed by atoms with van der Waals surface area (Å²) in [6.45, 7) is 8.67. The number of fused-ring (bicyclic) bond motifs is 2. The van der Waals surface area contributed by atoms with E-state index in [2.05, 4.69) is 66.2 Å². The second kappa shape index (κ2) is 12.2. The van der Waals surface area contributed by atoms with E-state index in [1.165, 1.54) is 43.3 Å². The van der Waals surface area contributed by atoms with Crippen LogP contribution >= 0.6 is 0 Å². The Morgan fingerprint density at radius 1 is 1.06 bits per heavy atom. The molecule has 1 unspecified atom stereocenters. The lowest BCUT2D eigenvalue weighted by Crippen LogP contribution is -2.75. The Morgan fingerprint density at radius 3 is 2.76 bits per heavy atom. The highest BCUT2D eigenvalue weighted by molar-refractivity contribution is 5.99. The van der Waals surface area contributed by atoms with Crippen LogP contribution in [0.25, 0.3) is 0 Å². The van der Waals surface area contributed by atoms with E-state index in [1.807, 2.05) is 0 Å². The quantitative estimate of drug-likeness (QED) is 0.235. The van der Waals surface area contributed by atoms with Gasteiger partial charge in [0.25, 0.3) is 0 Å². The smallest absolute Gasteiger partial charge is 0.339 e. The molecule has 5 fully saturated rings. The number of allylic oxidation sites excluding steroid dienone is 3. The van der Waals surface area contributed by atoms with Gasteiger partial charge in [-0.25, -0.2) is 4.79 Å². The summed E-state index contributed by atoms with van der Waals surface area (Å²) in [4.78, 5) is 35.4. The molecule has 0 amide bonds. The average molecular weight is 730 g/mol. The van der Waals surface area contributed by atoms with Gasteiger partial charge in [-0.05, 0) is 118 Å². The zero-order chi connectivity index (χ0) is 36.6. The highest BCUT2D eigenvalue weighted by Crippen LogP contribution is 2.84. The molecule has 14 rings (SSSR count). The summed E-state index contributed by atoms with van der Waals surface area (Å²) in [7, 11) is 0. The van der Waals surface area contributed by atoms with E-state index in [9.17, 15) is 4.79 Å². The summed E-state index contributed by atoms with van der Waals surface area (Å²) >= 11 is 0. The number of aryl methyl sites for hydroxylation is 1. The lowest BCUT2D eigenvalue weighted by Gasteiger charge is -2.69. The van der Waals surface area contributed by atoms with Crippen LogP contribution in [0, 0.1) is 46.3 Å². The molecule has 7 nitrogen and oxygen atoms in total. The first-order chi connectivity index (χ1) is 26.3. The molecule has 11 atom stereocenters. The molecule has 2 spiro atoms. The van der Waals surface area contributed by atoms with Crippen molar-refractivity contribution in [1.29, 1.82) is 0 Å². The molecule has 10 bridgehead atoms. The standard InChI is InChI=1S/C47H59N3O4/c1-3-8-39-45-24-33-18-19-46(45,47(39)36-13-6-11-31(12-7-20-48)41(36)43(51)54-47)40(53-44(45)52)17-16-37(30-9-4-5-10-30)49-25-29-23-34(27-49)38-15-14-32-21-28(2)22-35(33)42(32)50(38)26-29/h6,11,13-15,17,24,28-30,34-35,37-39H,3-5,7-10,12,16,18-23,25-27,48H2,1-2H3/b40-17+/t28-,29-,34+,35+,37-,38+,39+,45+,46-,47-/m1/s1. The molecule has 2 saturated carbocycles. The van der Waals surface area contributed by atoms with Crippen molar-refractivity contribution >= 4 is 11.9 Å². The van der Waals surface area contributed by atoms with Crippen molar-refractivity contribution in [3.8, 4) is 0 Å². The first kappa shape index (κ1) is 34.1. The normalized spacial score (nSPS) is 43.6. The molecule has 4 aliphatic carbocycles. The van der Waals surface area contributed by atoms with Gasteiger partial charge in [0.1, 0.15) is 11.2 Å². The summed E-state index contributed by atoms with van der Waals surface area (Å²) in [6, 6.07) is 7.23. The number of rotatable bonds is 6. The van der Waals surface area contributed by atoms with E-state index in [4.69, 9.17) is 15.2 Å². The molecule has 286 valence electrons. The number of piperidine rings is 2. The Morgan fingerprint density at radius 2 is 1.93 bits per heavy atom. The van der Waals surface area contributed by atoms with Crippen molar-refractivity contribution in [2.45, 2.75) is 121 Å². The van der Waals surface area contributed by atoms with Crippen molar-refractivity contribution < 1.29 is 19.1 Å². The molecular formula is C47H59N3O4. The monoisotopic (exact) mass is 729 g/mol. The van der Waals surface area contributed by atoms with E-state index in [0.29, 0.717) is 48.2 Å². The Kier molecular flexibility index (Phi) is 7.69. The third kappa shape index (κ3) is 4.22. The van der Waals surface area contributed by atoms with Crippen LogP contribution in [0.2, 0.25) is 0 Å². The van der Waals surface area contributed by atoms with Crippen molar-refractivity contribution in [3.05, 3.63) is 81.8 Å². The first-order valence-electron chi connectivity index (χ1n) is 22.0. The number of ether oxygens (including phenoxy) is 2. The van der Waals surface area contributed by atoms with Gasteiger partial charge in [0, 0.05) is 48.8 Å². The zero-order valence-corrected chi connectivity index (χ0v) is 32.5. The number of esters is 2. The number of carbonyl (C=O) groups is 2. The van der Waals surface area contributed by atoms with Crippen LogP contribution in [0.5, 0.6) is 0 Å². The van der Waals surface area contributed by atoms with Crippen LogP contribution in [0.4, 0.5) is 0 Å². The van der Waals surface area contributed by atoms with Crippen LogP contribution in [0.3, 0.4) is 0 Å². The molecule has 9 aliphatic heterocycles. The van der Waals surface area contributed by atoms with Gasteiger partial charge in [-0.15, -0.1) is 0 Å².